The summed E-state index contributed by atoms with van der Waals surface area (Å²) in [6, 6.07) is 7.89. The molecule has 4 heteroatoms. The Morgan fingerprint density at radius 1 is 1.21 bits per heavy atom. The van der Waals surface area contributed by atoms with Gasteiger partial charge < -0.3 is 10.4 Å². The number of hydrogen-bond donors (Lipinski definition) is 2. The van der Waals surface area contributed by atoms with Crippen molar-refractivity contribution in [3.63, 3.8) is 0 Å². The van der Waals surface area contributed by atoms with Crippen LogP contribution in [0.3, 0.4) is 0 Å². The summed E-state index contributed by atoms with van der Waals surface area (Å²) in [6.07, 6.45) is 1.97. The SMILES string of the molecule is CCCN(CCO)CC(=O)Nc1ccc(CC)cc1. The predicted molar refractivity (Wildman–Crippen MR) is 78.3 cm³/mol. The Balaban J connectivity index is 2.48. The second kappa shape index (κ2) is 8.67. The average Bonchev–Trinajstić information content (AvgIpc) is 2.40. The lowest BCUT2D eigenvalue weighted by molar-refractivity contribution is -0.117. The van der Waals surface area contributed by atoms with Crippen molar-refractivity contribution in [1.29, 1.82) is 0 Å². The van der Waals surface area contributed by atoms with Crippen molar-refractivity contribution in [2.75, 3.05) is 31.6 Å². The number of nitrogens with one attached hydrogen (secondary N) is 1. The molecule has 19 heavy (non-hydrogen) atoms. The number of aliphatic hydroxyl groups excluding tert-OH is 1. The smallest absolute Gasteiger partial charge is 0.238 e. The van der Waals surface area contributed by atoms with Crippen LogP contribution in [0.15, 0.2) is 24.3 Å². The minimum atomic E-state index is -0.0360. The Kier molecular flexibility index (Phi) is 7.15. The number of benzene rings is 1. The molecule has 0 bridgehead atoms. The second-order valence-electron chi connectivity index (χ2n) is 4.60. The van der Waals surface area contributed by atoms with Gasteiger partial charge in [-0.05, 0) is 37.1 Å². The van der Waals surface area contributed by atoms with Gasteiger partial charge in [0.1, 0.15) is 0 Å². The van der Waals surface area contributed by atoms with E-state index in [1.807, 2.05) is 29.2 Å². The number of aryl methyl sites for hydroxylation is 1. The van der Waals surface area contributed by atoms with E-state index < -0.39 is 0 Å². The van der Waals surface area contributed by atoms with E-state index in [1.54, 1.807) is 0 Å². The highest BCUT2D eigenvalue weighted by Gasteiger charge is 2.09. The van der Waals surface area contributed by atoms with Crippen LogP contribution in [0.1, 0.15) is 25.8 Å². The van der Waals surface area contributed by atoms with Crippen LogP contribution in [-0.2, 0) is 11.2 Å². The molecule has 0 saturated heterocycles. The van der Waals surface area contributed by atoms with Crippen molar-refractivity contribution in [1.82, 2.24) is 4.90 Å². The van der Waals surface area contributed by atoms with Gasteiger partial charge in [0.25, 0.3) is 0 Å². The van der Waals surface area contributed by atoms with Gasteiger partial charge >= 0.3 is 0 Å². The largest absolute Gasteiger partial charge is 0.395 e. The molecule has 0 unspecified atom stereocenters. The van der Waals surface area contributed by atoms with Crippen molar-refractivity contribution >= 4 is 11.6 Å². The van der Waals surface area contributed by atoms with Crippen molar-refractivity contribution in [2.45, 2.75) is 26.7 Å². The Labute approximate surface area is 115 Å². The average molecular weight is 264 g/mol. The molecule has 1 rings (SSSR count). The lowest BCUT2D eigenvalue weighted by Gasteiger charge is -2.19. The van der Waals surface area contributed by atoms with Crippen LogP contribution in [0.4, 0.5) is 5.69 Å². The lowest BCUT2D eigenvalue weighted by atomic mass is 10.1. The summed E-state index contributed by atoms with van der Waals surface area (Å²) in [5.74, 6) is -0.0360. The fourth-order valence-corrected chi connectivity index (χ4v) is 1.95. The molecule has 0 aliphatic carbocycles. The highest BCUT2D eigenvalue weighted by Crippen LogP contribution is 2.09. The van der Waals surface area contributed by atoms with Gasteiger partial charge in [0.15, 0.2) is 0 Å². The molecule has 0 saturated carbocycles. The van der Waals surface area contributed by atoms with Gasteiger partial charge in [-0.3, -0.25) is 9.69 Å². The van der Waals surface area contributed by atoms with Gasteiger partial charge in [-0.2, -0.15) is 0 Å². The van der Waals surface area contributed by atoms with E-state index >= 15 is 0 Å². The third-order valence-electron chi connectivity index (χ3n) is 2.97. The first-order valence-electron chi connectivity index (χ1n) is 6.91. The third kappa shape index (κ3) is 5.85. The van der Waals surface area contributed by atoms with Crippen LogP contribution in [0.2, 0.25) is 0 Å². The van der Waals surface area contributed by atoms with Crippen molar-refractivity contribution in [2.24, 2.45) is 0 Å². The number of hydrogen-bond acceptors (Lipinski definition) is 3. The maximum atomic E-state index is 11.9. The maximum absolute atomic E-state index is 11.9. The molecule has 1 amide bonds. The standard InChI is InChI=1S/C15H24N2O2/c1-3-9-17(10-11-18)12-15(19)16-14-7-5-13(4-2)6-8-14/h5-8,18H,3-4,9-12H2,1-2H3,(H,16,19). The summed E-state index contributed by atoms with van der Waals surface area (Å²) in [5.41, 5.74) is 2.08. The Bertz CT molecular complexity index is 370. The van der Waals surface area contributed by atoms with E-state index in [1.165, 1.54) is 5.56 Å². The van der Waals surface area contributed by atoms with E-state index in [0.29, 0.717) is 13.1 Å². The molecule has 0 fully saturated rings. The van der Waals surface area contributed by atoms with Crippen LogP contribution >= 0.6 is 0 Å². The number of amides is 1. The number of carbonyl (C=O) groups is 1. The third-order valence-corrected chi connectivity index (χ3v) is 2.97. The van der Waals surface area contributed by atoms with E-state index in [2.05, 4.69) is 19.2 Å². The zero-order valence-corrected chi connectivity index (χ0v) is 11.9. The fourth-order valence-electron chi connectivity index (χ4n) is 1.95. The Hall–Kier alpha value is -1.39. The molecule has 0 radical (unpaired) electrons. The van der Waals surface area contributed by atoms with Gasteiger partial charge in [0.2, 0.25) is 5.91 Å². The molecule has 4 nitrogen and oxygen atoms in total. The second-order valence-corrected chi connectivity index (χ2v) is 4.60. The Morgan fingerprint density at radius 2 is 1.89 bits per heavy atom. The molecular weight excluding hydrogens is 240 g/mol. The zero-order chi connectivity index (χ0) is 14.1. The van der Waals surface area contributed by atoms with Crippen molar-refractivity contribution in [3.05, 3.63) is 29.8 Å². The van der Waals surface area contributed by atoms with E-state index in [4.69, 9.17) is 5.11 Å². The molecule has 2 N–H and O–H groups in total. The molecule has 106 valence electrons. The molecule has 0 aliphatic heterocycles. The molecular formula is C15H24N2O2. The summed E-state index contributed by atoms with van der Waals surface area (Å²) in [7, 11) is 0. The number of aliphatic hydroxyl groups is 1. The first-order chi connectivity index (χ1) is 9.19. The van der Waals surface area contributed by atoms with Crippen LogP contribution in [0.25, 0.3) is 0 Å². The number of carbonyl (C=O) groups excluding carboxylic acids is 1. The first kappa shape index (κ1) is 15.7. The highest BCUT2D eigenvalue weighted by atomic mass is 16.3. The fraction of sp³-hybridized carbons (Fsp3) is 0.533. The van der Waals surface area contributed by atoms with Crippen molar-refractivity contribution < 1.29 is 9.90 Å². The summed E-state index contributed by atoms with van der Waals surface area (Å²) in [6.45, 7) is 5.93. The van der Waals surface area contributed by atoms with Gasteiger partial charge in [0.05, 0.1) is 13.2 Å². The normalized spacial score (nSPS) is 10.7. The van der Waals surface area contributed by atoms with Crippen LogP contribution in [0, 0.1) is 0 Å². The number of rotatable bonds is 8. The lowest BCUT2D eigenvalue weighted by Crippen LogP contribution is -2.35. The summed E-state index contributed by atoms with van der Waals surface area (Å²) in [4.78, 5) is 13.8. The molecule has 0 heterocycles. The van der Waals surface area contributed by atoms with Crippen LogP contribution in [0.5, 0.6) is 0 Å². The minimum Gasteiger partial charge on any atom is -0.395 e. The van der Waals surface area contributed by atoms with Gasteiger partial charge in [-0.15, -0.1) is 0 Å². The molecule has 0 aromatic heterocycles. The monoisotopic (exact) mass is 264 g/mol. The van der Waals surface area contributed by atoms with Gasteiger partial charge in [-0.25, -0.2) is 0 Å². The number of nitrogens with zero attached hydrogens (tertiary/aromatic N) is 1. The van der Waals surface area contributed by atoms with E-state index in [-0.39, 0.29) is 12.5 Å². The van der Waals surface area contributed by atoms with Crippen LogP contribution < -0.4 is 5.32 Å². The van der Waals surface area contributed by atoms with Crippen molar-refractivity contribution in [3.8, 4) is 0 Å². The predicted octanol–water partition coefficient (Wildman–Crippen LogP) is 1.89. The van der Waals surface area contributed by atoms with Crippen LogP contribution in [-0.4, -0.2) is 42.2 Å². The van der Waals surface area contributed by atoms with Gasteiger partial charge in [0, 0.05) is 12.2 Å². The Morgan fingerprint density at radius 3 is 2.42 bits per heavy atom. The summed E-state index contributed by atoms with van der Waals surface area (Å²) < 4.78 is 0. The maximum Gasteiger partial charge on any atom is 0.238 e. The van der Waals surface area contributed by atoms with E-state index in [0.717, 1.165) is 25.1 Å². The summed E-state index contributed by atoms with van der Waals surface area (Å²) >= 11 is 0. The quantitative estimate of drug-likeness (QED) is 0.754. The summed E-state index contributed by atoms with van der Waals surface area (Å²) in [5, 5.41) is 11.8. The molecule has 0 spiro atoms. The molecule has 1 aromatic rings. The molecule has 1 aromatic carbocycles. The molecule has 0 atom stereocenters. The zero-order valence-electron chi connectivity index (χ0n) is 11.9. The van der Waals surface area contributed by atoms with Gasteiger partial charge in [-0.1, -0.05) is 26.0 Å². The molecule has 0 aliphatic rings. The minimum absolute atomic E-state index is 0.0360. The number of anilines is 1. The topological polar surface area (TPSA) is 52.6 Å². The first-order valence-corrected chi connectivity index (χ1v) is 6.91. The highest BCUT2D eigenvalue weighted by molar-refractivity contribution is 5.92. The van der Waals surface area contributed by atoms with E-state index in [9.17, 15) is 4.79 Å².